The number of carbonyl (C=O) groups is 1. The Kier molecular flexibility index (Phi) is 5.23. The number of primary amides is 1. The summed E-state index contributed by atoms with van der Waals surface area (Å²) < 4.78 is 7.38. The number of amides is 1. The molecule has 7 heteroatoms. The minimum Gasteiger partial charge on any atom is -0.494 e. The number of benzene rings is 1. The summed E-state index contributed by atoms with van der Waals surface area (Å²) in [6.45, 7) is 7.18. The van der Waals surface area contributed by atoms with Gasteiger partial charge in [0.25, 0.3) is 5.91 Å². The Hall–Kier alpha value is -2.54. The Morgan fingerprint density at radius 3 is 3.16 bits per heavy atom. The predicted molar refractivity (Wildman–Crippen MR) is 96.8 cm³/mol. The van der Waals surface area contributed by atoms with Gasteiger partial charge in [0.2, 0.25) is 0 Å². The highest BCUT2D eigenvalue weighted by Crippen LogP contribution is 2.23. The summed E-state index contributed by atoms with van der Waals surface area (Å²) in [4.78, 5) is 11.4. The highest BCUT2D eigenvalue weighted by Gasteiger charge is 2.23. The molecule has 3 rings (SSSR count). The first-order valence-electron chi connectivity index (χ1n) is 8.64. The molecule has 0 saturated heterocycles. The molecule has 2 heterocycles. The summed E-state index contributed by atoms with van der Waals surface area (Å²) in [5, 5.41) is 11.1. The third-order valence-corrected chi connectivity index (χ3v) is 4.48. The summed E-state index contributed by atoms with van der Waals surface area (Å²) in [7, 11) is 0. The number of rotatable bonds is 7. The lowest BCUT2D eigenvalue weighted by atomic mass is 10.0. The molecule has 4 N–H and O–H groups in total. The zero-order chi connectivity index (χ0) is 17.8. The molecule has 1 amide bonds. The largest absolute Gasteiger partial charge is 0.494 e. The van der Waals surface area contributed by atoms with E-state index in [1.54, 1.807) is 0 Å². The van der Waals surface area contributed by atoms with Gasteiger partial charge in [-0.15, -0.1) is 0 Å². The van der Waals surface area contributed by atoms with Gasteiger partial charge in [0.1, 0.15) is 17.1 Å². The van der Waals surface area contributed by atoms with Crippen molar-refractivity contribution in [3.05, 3.63) is 41.6 Å². The van der Waals surface area contributed by atoms with Crippen LogP contribution in [0.2, 0.25) is 0 Å². The molecule has 2 aromatic rings. The van der Waals surface area contributed by atoms with Crippen LogP contribution in [0.1, 0.15) is 35.8 Å². The Balaban J connectivity index is 1.57. The predicted octanol–water partition coefficient (Wildman–Crippen LogP) is 1.77. The third kappa shape index (κ3) is 3.93. The molecule has 134 valence electrons. The Bertz CT molecular complexity index is 743. The molecular weight excluding hydrogens is 318 g/mol. The van der Waals surface area contributed by atoms with Crippen LogP contribution in [0, 0.1) is 5.92 Å². The van der Waals surface area contributed by atoms with Crippen LogP contribution >= 0.6 is 0 Å². The van der Waals surface area contributed by atoms with Gasteiger partial charge >= 0.3 is 0 Å². The van der Waals surface area contributed by atoms with Gasteiger partial charge in [0, 0.05) is 31.6 Å². The number of ether oxygens (including phenoxy) is 1. The lowest BCUT2D eigenvalue weighted by molar-refractivity contribution is 0.100. The minimum absolute atomic E-state index is 0.223. The second-order valence-electron chi connectivity index (χ2n) is 6.34. The first kappa shape index (κ1) is 17.3. The van der Waals surface area contributed by atoms with Crippen molar-refractivity contribution in [3.63, 3.8) is 0 Å². The van der Waals surface area contributed by atoms with Gasteiger partial charge in [-0.2, -0.15) is 5.10 Å². The van der Waals surface area contributed by atoms with Gasteiger partial charge in [0.15, 0.2) is 0 Å². The number of fused-ring (bicyclic) bond motifs is 1. The monoisotopic (exact) mass is 343 g/mol. The van der Waals surface area contributed by atoms with Crippen molar-refractivity contribution in [1.82, 2.24) is 15.1 Å². The number of anilines is 1. The van der Waals surface area contributed by atoms with Gasteiger partial charge in [-0.3, -0.25) is 4.79 Å². The lowest BCUT2D eigenvalue weighted by Crippen LogP contribution is -2.36. The number of hydrogen-bond donors (Lipinski definition) is 3. The van der Waals surface area contributed by atoms with Crippen LogP contribution < -0.4 is 21.1 Å². The summed E-state index contributed by atoms with van der Waals surface area (Å²) in [6.07, 6.45) is 1.53. The van der Waals surface area contributed by atoms with E-state index in [0.717, 1.165) is 31.2 Å². The first-order chi connectivity index (χ1) is 12.1. The second-order valence-corrected chi connectivity index (χ2v) is 6.34. The molecule has 1 aromatic heterocycles. The van der Waals surface area contributed by atoms with E-state index in [1.807, 2.05) is 23.7 Å². The number of hydrogen-bond acceptors (Lipinski definition) is 5. The number of nitrogens with zero attached hydrogens (tertiary/aromatic N) is 2. The smallest absolute Gasteiger partial charge is 0.254 e. The molecule has 0 spiro atoms. The molecule has 0 aliphatic carbocycles. The van der Waals surface area contributed by atoms with Crippen molar-refractivity contribution >= 4 is 11.7 Å². The Morgan fingerprint density at radius 2 is 2.40 bits per heavy atom. The Morgan fingerprint density at radius 1 is 1.56 bits per heavy atom. The molecule has 1 aliphatic rings. The maximum Gasteiger partial charge on any atom is 0.254 e. The average Bonchev–Trinajstić information content (AvgIpc) is 3.03. The van der Waals surface area contributed by atoms with Crippen molar-refractivity contribution in [2.75, 3.05) is 25.0 Å². The van der Waals surface area contributed by atoms with Crippen molar-refractivity contribution in [2.24, 2.45) is 11.7 Å². The molecule has 25 heavy (non-hydrogen) atoms. The van der Waals surface area contributed by atoms with Crippen molar-refractivity contribution < 1.29 is 9.53 Å². The van der Waals surface area contributed by atoms with Crippen LogP contribution in [0.4, 0.5) is 5.82 Å². The number of carbonyl (C=O) groups excluding carboxylic acids is 1. The summed E-state index contributed by atoms with van der Waals surface area (Å²) >= 11 is 0. The molecule has 0 unspecified atom stereocenters. The van der Waals surface area contributed by atoms with E-state index in [0.29, 0.717) is 18.1 Å². The molecule has 2 atom stereocenters. The maximum atomic E-state index is 11.4. The van der Waals surface area contributed by atoms with E-state index in [4.69, 9.17) is 10.5 Å². The van der Waals surface area contributed by atoms with Crippen LogP contribution in [-0.4, -0.2) is 35.4 Å². The van der Waals surface area contributed by atoms with E-state index in [1.165, 1.54) is 11.8 Å². The van der Waals surface area contributed by atoms with Gasteiger partial charge in [-0.25, -0.2) is 4.68 Å². The van der Waals surface area contributed by atoms with Gasteiger partial charge in [-0.05, 0) is 31.5 Å². The molecule has 0 bridgehead atoms. The van der Waals surface area contributed by atoms with Crippen molar-refractivity contribution in [2.45, 2.75) is 26.4 Å². The fourth-order valence-electron chi connectivity index (χ4n) is 3.08. The van der Waals surface area contributed by atoms with E-state index in [-0.39, 0.29) is 6.04 Å². The Labute approximate surface area is 147 Å². The van der Waals surface area contributed by atoms with Crippen LogP contribution in [0.15, 0.2) is 30.5 Å². The topological polar surface area (TPSA) is 94.2 Å². The zero-order valence-corrected chi connectivity index (χ0v) is 14.7. The standard InChI is InChI=1S/C18H25N5O2/c1-3-25-15-6-4-5-14(7-15)12(2)20-8-13-9-21-18-16(17(19)24)10-22-23(18)11-13/h4-7,10,12-13,20-21H,3,8-9,11H2,1-2H3,(H2,19,24)/t12-,13-/m0/s1. The first-order valence-corrected chi connectivity index (χ1v) is 8.64. The van der Waals surface area contributed by atoms with E-state index in [9.17, 15) is 4.79 Å². The second kappa shape index (κ2) is 7.57. The van der Waals surface area contributed by atoms with E-state index in [2.05, 4.69) is 34.8 Å². The third-order valence-electron chi connectivity index (χ3n) is 4.48. The molecule has 1 aliphatic heterocycles. The summed E-state index contributed by atoms with van der Waals surface area (Å²) in [6, 6.07) is 8.39. The zero-order valence-electron chi connectivity index (χ0n) is 14.7. The van der Waals surface area contributed by atoms with Gasteiger partial charge < -0.3 is 21.1 Å². The van der Waals surface area contributed by atoms with E-state index >= 15 is 0 Å². The van der Waals surface area contributed by atoms with Crippen LogP contribution in [0.3, 0.4) is 0 Å². The fraction of sp³-hybridized carbons (Fsp3) is 0.444. The summed E-state index contributed by atoms with van der Waals surface area (Å²) in [5.74, 6) is 1.55. The molecule has 0 fully saturated rings. The fourth-order valence-corrected chi connectivity index (χ4v) is 3.08. The normalized spacial score (nSPS) is 17.4. The number of nitrogens with two attached hydrogens (primary N) is 1. The van der Waals surface area contributed by atoms with Crippen molar-refractivity contribution in [3.8, 4) is 5.75 Å². The van der Waals surface area contributed by atoms with Gasteiger partial charge in [0.05, 0.1) is 12.8 Å². The maximum absolute atomic E-state index is 11.4. The van der Waals surface area contributed by atoms with Crippen LogP contribution in [-0.2, 0) is 6.54 Å². The molecule has 1 aromatic carbocycles. The molecule has 7 nitrogen and oxygen atoms in total. The van der Waals surface area contributed by atoms with Crippen LogP contribution in [0.5, 0.6) is 5.75 Å². The van der Waals surface area contributed by atoms with Crippen molar-refractivity contribution in [1.29, 1.82) is 0 Å². The quantitative estimate of drug-likeness (QED) is 0.712. The number of aromatic nitrogens is 2. The average molecular weight is 343 g/mol. The molecule has 0 saturated carbocycles. The SMILES string of the molecule is CCOc1cccc([C@H](C)NC[C@H]2CNc3c(C(N)=O)cnn3C2)c1. The minimum atomic E-state index is -0.451. The van der Waals surface area contributed by atoms with Crippen LogP contribution in [0.25, 0.3) is 0 Å². The van der Waals surface area contributed by atoms with Gasteiger partial charge in [-0.1, -0.05) is 12.1 Å². The highest BCUT2D eigenvalue weighted by atomic mass is 16.5. The van der Waals surface area contributed by atoms with E-state index < -0.39 is 5.91 Å². The molecular formula is C18H25N5O2. The number of nitrogens with one attached hydrogen (secondary N) is 2. The highest BCUT2D eigenvalue weighted by molar-refractivity contribution is 5.97. The lowest BCUT2D eigenvalue weighted by Gasteiger charge is -2.27. The summed E-state index contributed by atoms with van der Waals surface area (Å²) in [5.41, 5.74) is 7.01. The molecule has 0 radical (unpaired) electrons.